The summed E-state index contributed by atoms with van der Waals surface area (Å²) in [6, 6.07) is 5.14. The number of halogens is 1. The monoisotopic (exact) mass is 420 g/mol. The molecule has 1 saturated carbocycles. The highest BCUT2D eigenvalue weighted by Gasteiger charge is 2.59. The van der Waals surface area contributed by atoms with Crippen molar-refractivity contribution < 1.29 is 28.6 Å². The molecule has 0 radical (unpaired) electrons. The number of likely N-dealkylation sites (tertiary alicyclic amines) is 1. The average Bonchev–Trinajstić information content (AvgIpc) is 3.37. The van der Waals surface area contributed by atoms with Crippen molar-refractivity contribution in [3.05, 3.63) is 35.6 Å². The maximum atomic E-state index is 13.9. The highest BCUT2D eigenvalue weighted by molar-refractivity contribution is 5.89. The molecule has 1 aromatic carbocycles. The lowest BCUT2D eigenvalue weighted by Crippen LogP contribution is -2.70. The first kappa shape index (κ1) is 21.2. The van der Waals surface area contributed by atoms with Crippen LogP contribution in [-0.4, -0.2) is 71.5 Å². The molecule has 2 saturated heterocycles. The lowest BCUT2D eigenvalue weighted by molar-refractivity contribution is -0.199. The van der Waals surface area contributed by atoms with Crippen LogP contribution in [0.5, 0.6) is 0 Å². The molecule has 7 nitrogen and oxygen atoms in total. The Labute approximate surface area is 175 Å². The third-order valence-corrected chi connectivity index (χ3v) is 6.55. The maximum absolute atomic E-state index is 13.9. The second-order valence-corrected chi connectivity index (χ2v) is 8.37. The van der Waals surface area contributed by atoms with Gasteiger partial charge in [-0.05, 0) is 37.8 Å². The van der Waals surface area contributed by atoms with Crippen LogP contribution in [0.1, 0.15) is 38.2 Å². The van der Waals surface area contributed by atoms with Crippen molar-refractivity contribution in [2.45, 2.75) is 68.9 Å². The standard InChI is InChI=1S/C22H29FN2O5/c1-2-29-19-12-18(22(19)8-5-9-30-22)24-21(28)17-11-15(26)13-25(17)20(27)10-14-6-3-4-7-16(14)23/h3-4,6-7,15,17-19,26H,2,5,8-13H2,1H3,(H,24,28). The van der Waals surface area contributed by atoms with Gasteiger partial charge in [-0.25, -0.2) is 4.39 Å². The zero-order valence-electron chi connectivity index (χ0n) is 17.2. The molecule has 164 valence electrons. The van der Waals surface area contributed by atoms with Crippen LogP contribution in [0, 0.1) is 5.82 Å². The van der Waals surface area contributed by atoms with E-state index in [1.807, 2.05) is 6.92 Å². The number of ether oxygens (including phenoxy) is 2. The number of benzene rings is 1. The van der Waals surface area contributed by atoms with Gasteiger partial charge in [-0.2, -0.15) is 0 Å². The number of aliphatic hydroxyl groups excluding tert-OH is 1. The van der Waals surface area contributed by atoms with Crippen LogP contribution in [0.3, 0.4) is 0 Å². The van der Waals surface area contributed by atoms with Gasteiger partial charge < -0.3 is 24.8 Å². The van der Waals surface area contributed by atoms with Crippen LogP contribution in [0.15, 0.2) is 24.3 Å². The van der Waals surface area contributed by atoms with E-state index in [0.717, 1.165) is 12.8 Å². The first-order valence-corrected chi connectivity index (χ1v) is 10.7. The van der Waals surface area contributed by atoms with E-state index >= 15 is 0 Å². The van der Waals surface area contributed by atoms with Gasteiger partial charge in [-0.15, -0.1) is 0 Å². The van der Waals surface area contributed by atoms with Crippen LogP contribution in [-0.2, 0) is 25.5 Å². The van der Waals surface area contributed by atoms with Gasteiger partial charge in [0, 0.05) is 26.2 Å². The number of aliphatic hydroxyl groups is 1. The number of nitrogens with one attached hydrogen (secondary N) is 1. The molecule has 8 heteroatoms. The number of carbonyl (C=O) groups is 2. The Balaban J connectivity index is 1.42. The molecule has 30 heavy (non-hydrogen) atoms. The number of carbonyl (C=O) groups excluding carboxylic acids is 2. The van der Waals surface area contributed by atoms with E-state index in [0.29, 0.717) is 19.6 Å². The number of hydrogen-bond donors (Lipinski definition) is 2. The fourth-order valence-corrected chi connectivity index (χ4v) is 4.99. The molecular formula is C22H29FN2O5. The van der Waals surface area contributed by atoms with Gasteiger partial charge in [0.05, 0.1) is 24.7 Å². The van der Waals surface area contributed by atoms with E-state index in [2.05, 4.69) is 5.32 Å². The summed E-state index contributed by atoms with van der Waals surface area (Å²) in [7, 11) is 0. The van der Waals surface area contributed by atoms with Crippen molar-refractivity contribution in [2.75, 3.05) is 19.8 Å². The van der Waals surface area contributed by atoms with Crippen LogP contribution >= 0.6 is 0 Å². The lowest BCUT2D eigenvalue weighted by atomic mass is 9.70. The van der Waals surface area contributed by atoms with Gasteiger partial charge in [-0.1, -0.05) is 18.2 Å². The summed E-state index contributed by atoms with van der Waals surface area (Å²) in [5.74, 6) is -1.13. The molecule has 3 aliphatic rings. The molecular weight excluding hydrogens is 391 g/mol. The smallest absolute Gasteiger partial charge is 0.243 e. The minimum absolute atomic E-state index is 0.0386. The molecule has 4 rings (SSSR count). The number of rotatable bonds is 6. The van der Waals surface area contributed by atoms with E-state index in [4.69, 9.17) is 9.47 Å². The van der Waals surface area contributed by atoms with E-state index in [-0.39, 0.29) is 48.9 Å². The van der Waals surface area contributed by atoms with Crippen molar-refractivity contribution in [1.29, 1.82) is 0 Å². The molecule has 2 amide bonds. The summed E-state index contributed by atoms with van der Waals surface area (Å²) >= 11 is 0. The molecule has 1 spiro atoms. The third kappa shape index (κ3) is 3.84. The van der Waals surface area contributed by atoms with Gasteiger partial charge >= 0.3 is 0 Å². The fraction of sp³-hybridized carbons (Fsp3) is 0.636. The van der Waals surface area contributed by atoms with Crippen molar-refractivity contribution in [3.8, 4) is 0 Å². The Hall–Kier alpha value is -2.03. The van der Waals surface area contributed by atoms with Crippen LogP contribution < -0.4 is 5.32 Å². The lowest BCUT2D eigenvalue weighted by Gasteiger charge is -2.52. The van der Waals surface area contributed by atoms with Gasteiger partial charge in [0.15, 0.2) is 0 Å². The average molecular weight is 420 g/mol. The molecule has 2 heterocycles. The van der Waals surface area contributed by atoms with Gasteiger partial charge in [0.25, 0.3) is 0 Å². The Bertz CT molecular complexity index is 797. The number of nitrogens with zero attached hydrogens (tertiary/aromatic N) is 1. The summed E-state index contributed by atoms with van der Waals surface area (Å²) in [6.07, 6.45) is 1.62. The quantitative estimate of drug-likeness (QED) is 0.722. The molecule has 5 atom stereocenters. The SMILES string of the molecule is CCOC1CC(NC(=O)C2CC(O)CN2C(=O)Cc2ccccc2F)C12CCCO2. The molecule has 2 N–H and O–H groups in total. The largest absolute Gasteiger partial charge is 0.391 e. The summed E-state index contributed by atoms with van der Waals surface area (Å²) in [6.45, 7) is 3.24. The molecule has 0 bridgehead atoms. The second kappa shape index (κ2) is 8.61. The first-order chi connectivity index (χ1) is 14.4. The predicted octanol–water partition coefficient (Wildman–Crippen LogP) is 1.17. The van der Waals surface area contributed by atoms with Crippen LogP contribution in [0.4, 0.5) is 4.39 Å². The molecule has 1 aromatic rings. The second-order valence-electron chi connectivity index (χ2n) is 8.37. The zero-order valence-corrected chi connectivity index (χ0v) is 17.2. The normalized spacial score (nSPS) is 33.0. The number of hydrogen-bond acceptors (Lipinski definition) is 5. The zero-order chi connectivity index (χ0) is 21.3. The highest BCUT2D eigenvalue weighted by Crippen LogP contribution is 2.45. The highest BCUT2D eigenvalue weighted by atomic mass is 19.1. The van der Waals surface area contributed by atoms with Gasteiger partial charge in [0.1, 0.15) is 17.5 Å². The molecule has 5 unspecified atom stereocenters. The van der Waals surface area contributed by atoms with Crippen molar-refractivity contribution in [1.82, 2.24) is 10.2 Å². The Morgan fingerprint density at radius 1 is 1.37 bits per heavy atom. The fourth-order valence-electron chi connectivity index (χ4n) is 4.99. The van der Waals surface area contributed by atoms with Crippen LogP contribution in [0.25, 0.3) is 0 Å². The Kier molecular flexibility index (Phi) is 6.09. The van der Waals surface area contributed by atoms with Gasteiger partial charge in [0.2, 0.25) is 11.8 Å². The summed E-state index contributed by atoms with van der Waals surface area (Å²) in [5.41, 5.74) is -0.217. The summed E-state index contributed by atoms with van der Waals surface area (Å²) < 4.78 is 25.7. The van der Waals surface area contributed by atoms with Crippen molar-refractivity contribution >= 4 is 11.8 Å². The number of amides is 2. The van der Waals surface area contributed by atoms with Crippen molar-refractivity contribution in [2.24, 2.45) is 0 Å². The maximum Gasteiger partial charge on any atom is 0.243 e. The third-order valence-electron chi connectivity index (χ3n) is 6.55. The summed E-state index contributed by atoms with van der Waals surface area (Å²) in [4.78, 5) is 27.2. The van der Waals surface area contributed by atoms with Gasteiger partial charge in [-0.3, -0.25) is 9.59 Å². The molecule has 3 fully saturated rings. The van der Waals surface area contributed by atoms with E-state index in [9.17, 15) is 19.1 Å². The molecule has 0 aromatic heterocycles. The number of β-amino-alcohol motifs (C(OH)–C–C–N with tert-alkyl or cyclic N) is 1. The van der Waals surface area contributed by atoms with E-state index in [1.54, 1.807) is 18.2 Å². The topological polar surface area (TPSA) is 88.1 Å². The molecule has 1 aliphatic carbocycles. The molecule has 2 aliphatic heterocycles. The predicted molar refractivity (Wildman–Crippen MR) is 106 cm³/mol. The van der Waals surface area contributed by atoms with E-state index in [1.165, 1.54) is 11.0 Å². The minimum atomic E-state index is -0.778. The van der Waals surface area contributed by atoms with E-state index < -0.39 is 23.6 Å². The summed E-state index contributed by atoms with van der Waals surface area (Å²) in [5, 5.41) is 13.2. The minimum Gasteiger partial charge on any atom is -0.391 e. The first-order valence-electron chi connectivity index (χ1n) is 10.7. The van der Waals surface area contributed by atoms with Crippen molar-refractivity contribution in [3.63, 3.8) is 0 Å². The Morgan fingerprint density at radius 2 is 2.17 bits per heavy atom. The van der Waals surface area contributed by atoms with Crippen LogP contribution in [0.2, 0.25) is 0 Å². The Morgan fingerprint density at radius 3 is 2.87 bits per heavy atom.